The molecule has 1 aliphatic carbocycles. The second kappa shape index (κ2) is 4.97. The van der Waals surface area contributed by atoms with E-state index < -0.39 is 0 Å². The van der Waals surface area contributed by atoms with Gasteiger partial charge in [-0.05, 0) is 19.3 Å². The molecule has 1 saturated heterocycles. The SMILES string of the molecule is [CH]1CCCCCC1N1CCNCC1. The van der Waals surface area contributed by atoms with E-state index >= 15 is 0 Å². The van der Waals surface area contributed by atoms with Crippen LogP contribution in [-0.2, 0) is 0 Å². The lowest BCUT2D eigenvalue weighted by molar-refractivity contribution is 0.184. The first kappa shape index (κ1) is 9.47. The summed E-state index contributed by atoms with van der Waals surface area (Å²) in [7, 11) is 0. The fourth-order valence-electron chi connectivity index (χ4n) is 2.45. The van der Waals surface area contributed by atoms with Gasteiger partial charge in [-0.25, -0.2) is 0 Å². The van der Waals surface area contributed by atoms with Gasteiger partial charge in [0.2, 0.25) is 0 Å². The van der Waals surface area contributed by atoms with Crippen molar-refractivity contribution < 1.29 is 0 Å². The van der Waals surface area contributed by atoms with Crippen molar-refractivity contribution in [2.75, 3.05) is 26.2 Å². The van der Waals surface area contributed by atoms with E-state index in [2.05, 4.69) is 16.6 Å². The molecule has 2 aliphatic rings. The predicted octanol–water partition coefficient (Wildman–Crippen LogP) is 1.43. The van der Waals surface area contributed by atoms with E-state index in [4.69, 9.17) is 0 Å². The number of rotatable bonds is 1. The van der Waals surface area contributed by atoms with Crippen LogP contribution in [0.4, 0.5) is 0 Å². The lowest BCUT2D eigenvalue weighted by Crippen LogP contribution is -2.48. The Balaban J connectivity index is 1.82. The van der Waals surface area contributed by atoms with Crippen molar-refractivity contribution in [2.24, 2.45) is 0 Å². The van der Waals surface area contributed by atoms with Crippen LogP contribution in [0.15, 0.2) is 0 Å². The lowest BCUT2D eigenvalue weighted by Gasteiger charge is -2.34. The van der Waals surface area contributed by atoms with Crippen LogP contribution in [0.5, 0.6) is 0 Å². The second-order valence-corrected chi connectivity index (χ2v) is 4.23. The van der Waals surface area contributed by atoms with E-state index in [9.17, 15) is 0 Å². The molecule has 2 nitrogen and oxygen atoms in total. The molecule has 75 valence electrons. The molecule has 0 aromatic rings. The first-order valence-electron chi connectivity index (χ1n) is 5.75. The summed E-state index contributed by atoms with van der Waals surface area (Å²) in [6.45, 7) is 4.87. The van der Waals surface area contributed by atoms with Crippen molar-refractivity contribution in [3.05, 3.63) is 6.42 Å². The molecule has 1 radical (unpaired) electrons. The van der Waals surface area contributed by atoms with Gasteiger partial charge in [-0.15, -0.1) is 0 Å². The molecule has 1 atom stereocenters. The molecule has 2 heteroatoms. The van der Waals surface area contributed by atoms with Crippen molar-refractivity contribution in [3.8, 4) is 0 Å². The molecular weight excluding hydrogens is 160 g/mol. The summed E-state index contributed by atoms with van der Waals surface area (Å²) >= 11 is 0. The van der Waals surface area contributed by atoms with Crippen LogP contribution in [0.3, 0.4) is 0 Å². The highest BCUT2D eigenvalue weighted by Gasteiger charge is 2.21. The summed E-state index contributed by atoms with van der Waals surface area (Å²) in [5.74, 6) is 0. The molecule has 0 amide bonds. The molecule has 0 aromatic carbocycles. The number of hydrogen-bond acceptors (Lipinski definition) is 2. The normalized spacial score (nSPS) is 28.6. The maximum atomic E-state index is 3.41. The molecule has 1 aliphatic heterocycles. The van der Waals surface area contributed by atoms with Crippen molar-refractivity contribution in [1.29, 1.82) is 0 Å². The van der Waals surface area contributed by atoms with Crippen LogP contribution in [0, 0.1) is 6.42 Å². The first-order valence-corrected chi connectivity index (χ1v) is 5.75. The van der Waals surface area contributed by atoms with E-state index in [1.807, 2.05) is 0 Å². The Labute approximate surface area is 81.7 Å². The third kappa shape index (κ3) is 2.68. The van der Waals surface area contributed by atoms with Gasteiger partial charge in [0.25, 0.3) is 0 Å². The number of nitrogens with one attached hydrogen (secondary N) is 1. The van der Waals surface area contributed by atoms with Crippen LogP contribution < -0.4 is 5.32 Å². The lowest BCUT2D eigenvalue weighted by atomic mass is 10.1. The molecule has 0 bridgehead atoms. The number of hydrogen-bond donors (Lipinski definition) is 1. The highest BCUT2D eigenvalue weighted by molar-refractivity contribution is 4.89. The Morgan fingerprint density at radius 3 is 2.77 bits per heavy atom. The molecule has 1 N–H and O–H groups in total. The number of piperazine rings is 1. The molecule has 0 spiro atoms. The second-order valence-electron chi connectivity index (χ2n) is 4.23. The maximum absolute atomic E-state index is 3.41. The molecule has 1 unspecified atom stereocenters. The summed E-state index contributed by atoms with van der Waals surface area (Å²) in [6.07, 6.45) is 9.60. The van der Waals surface area contributed by atoms with Gasteiger partial charge in [0.15, 0.2) is 0 Å². The molecule has 2 fully saturated rings. The molecule has 2 rings (SSSR count). The Morgan fingerprint density at radius 1 is 1.08 bits per heavy atom. The third-order valence-corrected chi connectivity index (χ3v) is 3.26. The van der Waals surface area contributed by atoms with E-state index in [-0.39, 0.29) is 0 Å². The van der Waals surface area contributed by atoms with Crippen LogP contribution in [0.1, 0.15) is 32.1 Å². The summed E-state index contributed by atoms with van der Waals surface area (Å²) in [5, 5.41) is 3.41. The van der Waals surface area contributed by atoms with Crippen LogP contribution in [0.2, 0.25) is 0 Å². The molecule has 13 heavy (non-hydrogen) atoms. The minimum Gasteiger partial charge on any atom is -0.314 e. The summed E-state index contributed by atoms with van der Waals surface area (Å²) in [4.78, 5) is 2.65. The Hall–Kier alpha value is -0.0800. The van der Waals surface area contributed by atoms with Crippen molar-refractivity contribution >= 4 is 0 Å². The molecule has 0 aromatic heterocycles. The van der Waals surface area contributed by atoms with Crippen molar-refractivity contribution in [3.63, 3.8) is 0 Å². The fourth-order valence-corrected chi connectivity index (χ4v) is 2.45. The fraction of sp³-hybridized carbons (Fsp3) is 0.909. The van der Waals surface area contributed by atoms with Crippen molar-refractivity contribution in [2.45, 2.75) is 38.1 Å². The van der Waals surface area contributed by atoms with Gasteiger partial charge in [-0.1, -0.05) is 19.3 Å². The van der Waals surface area contributed by atoms with Gasteiger partial charge in [-0.2, -0.15) is 0 Å². The number of nitrogens with zero attached hydrogens (tertiary/aromatic N) is 1. The van der Waals surface area contributed by atoms with Gasteiger partial charge in [-0.3, -0.25) is 4.90 Å². The highest BCUT2D eigenvalue weighted by atomic mass is 15.2. The minimum atomic E-state index is 0.796. The van der Waals surface area contributed by atoms with E-state index in [1.165, 1.54) is 58.3 Å². The summed E-state index contributed by atoms with van der Waals surface area (Å²) in [6, 6.07) is 0.796. The van der Waals surface area contributed by atoms with Crippen molar-refractivity contribution in [1.82, 2.24) is 10.2 Å². The van der Waals surface area contributed by atoms with Crippen LogP contribution in [-0.4, -0.2) is 37.1 Å². The Kier molecular flexibility index (Phi) is 3.62. The smallest absolute Gasteiger partial charge is 0.0128 e. The summed E-state index contributed by atoms with van der Waals surface area (Å²) in [5.41, 5.74) is 0. The molecular formula is C11H21N2. The van der Waals surface area contributed by atoms with Crippen LogP contribution in [0.25, 0.3) is 0 Å². The van der Waals surface area contributed by atoms with Gasteiger partial charge >= 0.3 is 0 Å². The van der Waals surface area contributed by atoms with E-state index in [0.29, 0.717) is 0 Å². The largest absolute Gasteiger partial charge is 0.314 e. The van der Waals surface area contributed by atoms with Gasteiger partial charge in [0, 0.05) is 32.2 Å². The first-order chi connectivity index (χ1) is 6.47. The Morgan fingerprint density at radius 2 is 1.92 bits per heavy atom. The quantitative estimate of drug-likeness (QED) is 0.616. The van der Waals surface area contributed by atoms with E-state index in [0.717, 1.165) is 6.04 Å². The zero-order chi connectivity index (χ0) is 8.93. The van der Waals surface area contributed by atoms with E-state index in [1.54, 1.807) is 0 Å². The maximum Gasteiger partial charge on any atom is 0.0128 e. The highest BCUT2D eigenvalue weighted by Crippen LogP contribution is 2.21. The minimum absolute atomic E-state index is 0.796. The molecule has 1 heterocycles. The zero-order valence-corrected chi connectivity index (χ0v) is 8.47. The summed E-state index contributed by atoms with van der Waals surface area (Å²) < 4.78 is 0. The topological polar surface area (TPSA) is 15.3 Å². The predicted molar refractivity (Wildman–Crippen MR) is 55.6 cm³/mol. The zero-order valence-electron chi connectivity index (χ0n) is 8.47. The average Bonchev–Trinajstić information content (AvgIpc) is 2.47. The van der Waals surface area contributed by atoms with Crippen LogP contribution >= 0.6 is 0 Å². The van der Waals surface area contributed by atoms with Gasteiger partial charge in [0.05, 0.1) is 0 Å². The monoisotopic (exact) mass is 181 g/mol. The standard InChI is InChI=1S/C11H21N2/c1-2-4-6-11(5-3-1)13-9-7-12-8-10-13/h5,11-12H,1-4,6-10H2. The molecule has 1 saturated carbocycles. The van der Waals surface area contributed by atoms with Gasteiger partial charge in [0.1, 0.15) is 0 Å². The third-order valence-electron chi connectivity index (χ3n) is 3.26. The Bertz CT molecular complexity index is 133. The average molecular weight is 181 g/mol. The van der Waals surface area contributed by atoms with Gasteiger partial charge < -0.3 is 5.32 Å².